The lowest BCUT2D eigenvalue weighted by Gasteiger charge is -2.32. The van der Waals surface area contributed by atoms with Gasteiger partial charge in [0.25, 0.3) is 0 Å². The molecule has 2 aliphatic rings. The number of carbonyl (C=O) groups excluding carboxylic acids is 1. The lowest BCUT2D eigenvalue weighted by molar-refractivity contribution is -0.0205. The van der Waals surface area contributed by atoms with Crippen LogP contribution in [0.3, 0.4) is 0 Å². The molecule has 0 saturated carbocycles. The minimum atomic E-state index is -0.444. The van der Waals surface area contributed by atoms with Crippen molar-refractivity contribution < 1.29 is 14.3 Å². The van der Waals surface area contributed by atoms with Crippen LogP contribution in [0, 0.1) is 0 Å². The second-order valence-corrected chi connectivity index (χ2v) is 6.55. The number of benzene rings is 1. The summed E-state index contributed by atoms with van der Waals surface area (Å²) < 4.78 is 12.8. The molecule has 1 aromatic rings. The number of nitrogens with two attached hydrogens (primary N) is 1. The molecule has 2 aliphatic heterocycles. The first-order valence-corrected chi connectivity index (χ1v) is 7.98. The van der Waals surface area contributed by atoms with Crippen molar-refractivity contribution in [1.82, 2.24) is 5.32 Å². The van der Waals surface area contributed by atoms with Gasteiger partial charge >= 0.3 is 0 Å². The first-order valence-electron chi connectivity index (χ1n) is 7.19. The predicted octanol–water partition coefficient (Wildman–Crippen LogP) is 1.84. The Morgan fingerprint density at radius 3 is 2.86 bits per heavy atom. The maximum Gasteiger partial charge on any atom is 0.248 e. The fourth-order valence-electron chi connectivity index (χ4n) is 3.04. The lowest BCUT2D eigenvalue weighted by Crippen LogP contribution is -2.41. The van der Waals surface area contributed by atoms with Crippen LogP contribution in [0.2, 0.25) is 0 Å². The van der Waals surface area contributed by atoms with E-state index in [-0.39, 0.29) is 11.7 Å². The van der Waals surface area contributed by atoms with Crippen molar-refractivity contribution in [3.8, 4) is 5.75 Å². The van der Waals surface area contributed by atoms with Crippen LogP contribution in [0.25, 0.3) is 0 Å². The van der Waals surface area contributed by atoms with Crippen LogP contribution in [0.15, 0.2) is 22.7 Å². The van der Waals surface area contributed by atoms with E-state index in [0.717, 1.165) is 42.6 Å². The topological polar surface area (TPSA) is 73.6 Å². The number of primary amides is 1. The van der Waals surface area contributed by atoms with Gasteiger partial charge in [-0.2, -0.15) is 0 Å². The Morgan fingerprint density at radius 1 is 1.43 bits per heavy atom. The highest BCUT2D eigenvalue weighted by atomic mass is 79.9. The van der Waals surface area contributed by atoms with E-state index < -0.39 is 5.91 Å². The molecule has 3 rings (SSSR count). The molecule has 3 N–H and O–H groups in total. The van der Waals surface area contributed by atoms with Crippen molar-refractivity contribution in [2.75, 3.05) is 19.7 Å². The molecule has 0 radical (unpaired) electrons. The normalized spacial score (nSPS) is 24.1. The maximum atomic E-state index is 11.1. The second kappa shape index (κ2) is 5.94. The van der Waals surface area contributed by atoms with Crippen molar-refractivity contribution in [1.29, 1.82) is 0 Å². The molecule has 0 bridgehead atoms. The van der Waals surface area contributed by atoms with Gasteiger partial charge in [-0.1, -0.05) is 0 Å². The van der Waals surface area contributed by atoms with Crippen LogP contribution < -0.4 is 15.8 Å². The summed E-state index contributed by atoms with van der Waals surface area (Å²) in [5.74, 6) is 0.277. The summed E-state index contributed by atoms with van der Waals surface area (Å²) in [6, 6.07) is 5.14. The van der Waals surface area contributed by atoms with Gasteiger partial charge in [-0.3, -0.25) is 4.79 Å². The van der Waals surface area contributed by atoms with Gasteiger partial charge in [-0.15, -0.1) is 0 Å². The zero-order valence-corrected chi connectivity index (χ0v) is 13.3. The third kappa shape index (κ3) is 3.22. The van der Waals surface area contributed by atoms with E-state index in [1.54, 1.807) is 18.2 Å². The van der Waals surface area contributed by atoms with E-state index >= 15 is 0 Å². The number of piperidine rings is 1. The number of carbonyl (C=O) groups is 1. The number of rotatable bonds is 3. The van der Waals surface area contributed by atoms with Crippen molar-refractivity contribution in [3.63, 3.8) is 0 Å². The van der Waals surface area contributed by atoms with Crippen LogP contribution in [-0.4, -0.2) is 37.3 Å². The summed E-state index contributed by atoms with van der Waals surface area (Å²) in [4.78, 5) is 11.1. The third-order valence-electron chi connectivity index (χ3n) is 4.20. The van der Waals surface area contributed by atoms with E-state index in [0.29, 0.717) is 12.2 Å². The average molecular weight is 355 g/mol. The molecule has 2 fully saturated rings. The largest absolute Gasteiger partial charge is 0.487 e. The molecule has 1 amide bonds. The van der Waals surface area contributed by atoms with Crippen molar-refractivity contribution in [3.05, 3.63) is 28.2 Å². The minimum Gasteiger partial charge on any atom is -0.487 e. The van der Waals surface area contributed by atoms with Gasteiger partial charge in [0.1, 0.15) is 11.9 Å². The molecule has 21 heavy (non-hydrogen) atoms. The number of nitrogens with one attached hydrogen (secondary N) is 1. The number of halogens is 1. The third-order valence-corrected chi connectivity index (χ3v) is 4.82. The van der Waals surface area contributed by atoms with Crippen molar-refractivity contribution in [2.24, 2.45) is 5.73 Å². The van der Waals surface area contributed by atoms with Gasteiger partial charge in [0.2, 0.25) is 5.91 Å². The summed E-state index contributed by atoms with van der Waals surface area (Å²) in [5, 5.41) is 3.35. The number of amides is 1. The first-order chi connectivity index (χ1) is 10.1. The number of ether oxygens (including phenoxy) is 2. The Morgan fingerprint density at radius 2 is 2.19 bits per heavy atom. The second-order valence-electron chi connectivity index (χ2n) is 5.70. The van der Waals surface area contributed by atoms with Gasteiger partial charge in [0.15, 0.2) is 0 Å². The van der Waals surface area contributed by atoms with Crippen LogP contribution >= 0.6 is 15.9 Å². The zero-order chi connectivity index (χ0) is 14.9. The number of hydrogen-bond acceptors (Lipinski definition) is 4. The molecule has 5 nitrogen and oxygen atoms in total. The minimum absolute atomic E-state index is 0.0183. The lowest BCUT2D eigenvalue weighted by atomic mass is 9.89. The molecule has 2 saturated heterocycles. The van der Waals surface area contributed by atoms with Gasteiger partial charge in [0.05, 0.1) is 16.7 Å². The fourth-order valence-corrected chi connectivity index (χ4v) is 3.51. The van der Waals surface area contributed by atoms with E-state index in [1.165, 1.54) is 0 Å². The molecule has 114 valence electrons. The van der Waals surface area contributed by atoms with Gasteiger partial charge in [0, 0.05) is 12.0 Å². The zero-order valence-electron chi connectivity index (χ0n) is 11.7. The van der Waals surface area contributed by atoms with E-state index in [1.807, 2.05) is 0 Å². The first kappa shape index (κ1) is 14.8. The molecular weight excluding hydrogens is 336 g/mol. The van der Waals surface area contributed by atoms with Gasteiger partial charge in [-0.05, 0) is 60.1 Å². The van der Waals surface area contributed by atoms with E-state index in [4.69, 9.17) is 15.2 Å². The van der Waals surface area contributed by atoms with Crippen LogP contribution in [0.4, 0.5) is 0 Å². The highest BCUT2D eigenvalue weighted by molar-refractivity contribution is 9.10. The molecule has 2 heterocycles. The number of hydrogen-bond donors (Lipinski definition) is 2. The quantitative estimate of drug-likeness (QED) is 0.868. The monoisotopic (exact) mass is 354 g/mol. The highest BCUT2D eigenvalue weighted by Crippen LogP contribution is 2.37. The Bertz CT molecular complexity index is 544. The van der Waals surface area contributed by atoms with Crippen LogP contribution in [0.5, 0.6) is 5.75 Å². The maximum absolute atomic E-state index is 11.1. The molecule has 1 aromatic carbocycles. The molecule has 6 heteroatoms. The Hall–Kier alpha value is -1.11. The standard InChI is InChI=1S/C15H19BrN2O3/c16-12-7-10(14(17)19)1-2-13(12)21-11-8-15(20-9-11)3-5-18-6-4-15/h1-2,7,11,18H,3-6,8-9H2,(H2,17,19). The molecule has 0 aliphatic carbocycles. The summed E-state index contributed by atoms with van der Waals surface area (Å²) >= 11 is 3.43. The van der Waals surface area contributed by atoms with E-state index in [9.17, 15) is 4.79 Å². The van der Waals surface area contributed by atoms with Gasteiger partial charge < -0.3 is 20.5 Å². The predicted molar refractivity (Wildman–Crippen MR) is 82.5 cm³/mol. The molecular formula is C15H19BrN2O3. The highest BCUT2D eigenvalue weighted by Gasteiger charge is 2.42. The van der Waals surface area contributed by atoms with Gasteiger partial charge in [-0.25, -0.2) is 0 Å². The summed E-state index contributed by atoms with van der Waals surface area (Å²) in [6.45, 7) is 2.62. The Balaban J connectivity index is 1.66. The van der Waals surface area contributed by atoms with Crippen LogP contribution in [0.1, 0.15) is 29.6 Å². The van der Waals surface area contributed by atoms with E-state index in [2.05, 4.69) is 21.2 Å². The summed E-state index contributed by atoms with van der Waals surface area (Å²) in [5.41, 5.74) is 5.71. The SMILES string of the molecule is NC(=O)c1ccc(OC2COC3(CCNCC3)C2)c(Br)c1. The van der Waals surface area contributed by atoms with Crippen LogP contribution in [-0.2, 0) is 4.74 Å². The summed E-state index contributed by atoms with van der Waals surface area (Å²) in [6.07, 6.45) is 3.04. The molecule has 1 unspecified atom stereocenters. The van der Waals surface area contributed by atoms with Crippen molar-refractivity contribution in [2.45, 2.75) is 31.0 Å². The smallest absolute Gasteiger partial charge is 0.248 e. The fraction of sp³-hybridized carbons (Fsp3) is 0.533. The Kier molecular flexibility index (Phi) is 4.19. The molecule has 1 spiro atoms. The molecule has 1 atom stereocenters. The van der Waals surface area contributed by atoms with Crippen molar-refractivity contribution >= 4 is 21.8 Å². The Labute approximate surface area is 132 Å². The summed E-state index contributed by atoms with van der Waals surface area (Å²) in [7, 11) is 0. The molecule has 0 aromatic heterocycles. The average Bonchev–Trinajstić information content (AvgIpc) is 2.84.